The summed E-state index contributed by atoms with van der Waals surface area (Å²) in [6.45, 7) is 3.15. The maximum absolute atomic E-state index is 12.0. The fourth-order valence-corrected chi connectivity index (χ4v) is 2.76. The molecule has 144 valence electrons. The summed E-state index contributed by atoms with van der Waals surface area (Å²) >= 11 is 1.28. The lowest BCUT2D eigenvalue weighted by Crippen LogP contribution is -2.44. The van der Waals surface area contributed by atoms with Gasteiger partial charge in [-0.25, -0.2) is 14.6 Å². The van der Waals surface area contributed by atoms with Gasteiger partial charge in [-0.05, 0) is 37.6 Å². The molecule has 0 fully saturated rings. The van der Waals surface area contributed by atoms with E-state index in [0.717, 1.165) is 17.7 Å². The Morgan fingerprint density at radius 1 is 1.22 bits per heavy atom. The molecule has 1 aromatic carbocycles. The van der Waals surface area contributed by atoms with Crippen LogP contribution in [0.25, 0.3) is 10.6 Å². The fraction of sp³-hybridized carbons (Fsp3) is 0.333. The number of imide groups is 1. The van der Waals surface area contributed by atoms with Gasteiger partial charge in [0.2, 0.25) is 0 Å². The Balaban J connectivity index is 1.86. The second kappa shape index (κ2) is 9.67. The van der Waals surface area contributed by atoms with E-state index in [-0.39, 0.29) is 11.7 Å². The number of ether oxygens (including phenoxy) is 2. The number of rotatable bonds is 7. The molecule has 2 N–H and O–H groups in total. The van der Waals surface area contributed by atoms with Crippen LogP contribution >= 0.6 is 11.3 Å². The highest BCUT2D eigenvalue weighted by atomic mass is 32.1. The quantitative estimate of drug-likeness (QED) is 0.703. The first-order chi connectivity index (χ1) is 12.9. The van der Waals surface area contributed by atoms with Gasteiger partial charge in [-0.2, -0.15) is 0 Å². The van der Waals surface area contributed by atoms with Crippen molar-refractivity contribution in [1.29, 1.82) is 0 Å². The van der Waals surface area contributed by atoms with E-state index >= 15 is 0 Å². The monoisotopic (exact) mass is 391 g/mol. The standard InChI is InChI=1S/C18H21N3O5S/c1-4-11(2)19-18(24)21-15(22)9-26-17(23)14-10-27-16(20-14)12-5-7-13(25-3)8-6-12/h5-8,10-11H,4,9H2,1-3H3,(H2,19,21,22,24)/t11-/m1/s1. The zero-order chi connectivity index (χ0) is 19.8. The largest absolute Gasteiger partial charge is 0.497 e. The second-order valence-corrected chi connectivity index (χ2v) is 6.53. The predicted octanol–water partition coefficient (Wildman–Crippen LogP) is 2.60. The highest BCUT2D eigenvalue weighted by molar-refractivity contribution is 7.13. The van der Waals surface area contributed by atoms with Crippen molar-refractivity contribution >= 4 is 29.2 Å². The van der Waals surface area contributed by atoms with Crippen LogP contribution in [-0.4, -0.2) is 42.7 Å². The molecular weight excluding hydrogens is 370 g/mol. The topological polar surface area (TPSA) is 107 Å². The van der Waals surface area contributed by atoms with E-state index in [0.29, 0.717) is 5.01 Å². The van der Waals surface area contributed by atoms with Crippen molar-refractivity contribution in [3.05, 3.63) is 35.3 Å². The molecular formula is C18H21N3O5S. The maximum Gasteiger partial charge on any atom is 0.358 e. The molecule has 0 aliphatic heterocycles. The van der Waals surface area contributed by atoms with Crippen LogP contribution in [0.3, 0.4) is 0 Å². The number of carbonyl (C=O) groups is 3. The second-order valence-electron chi connectivity index (χ2n) is 5.67. The number of nitrogens with one attached hydrogen (secondary N) is 2. The molecule has 9 heteroatoms. The number of aromatic nitrogens is 1. The van der Waals surface area contributed by atoms with Gasteiger partial charge in [-0.1, -0.05) is 6.92 Å². The molecule has 0 saturated heterocycles. The number of amides is 3. The van der Waals surface area contributed by atoms with E-state index in [9.17, 15) is 14.4 Å². The summed E-state index contributed by atoms with van der Waals surface area (Å²) in [6, 6.07) is 6.56. The Hall–Kier alpha value is -2.94. The van der Waals surface area contributed by atoms with Gasteiger partial charge in [-0.15, -0.1) is 11.3 Å². The maximum atomic E-state index is 12.0. The van der Waals surface area contributed by atoms with E-state index < -0.39 is 24.5 Å². The predicted molar refractivity (Wildman–Crippen MR) is 101 cm³/mol. The van der Waals surface area contributed by atoms with Crippen molar-refractivity contribution in [3.63, 3.8) is 0 Å². The van der Waals surface area contributed by atoms with Crippen molar-refractivity contribution in [2.24, 2.45) is 0 Å². The SMILES string of the molecule is CC[C@@H](C)NC(=O)NC(=O)COC(=O)c1csc(-c2ccc(OC)cc2)n1. The van der Waals surface area contributed by atoms with Gasteiger partial charge in [0.05, 0.1) is 7.11 Å². The molecule has 1 heterocycles. The van der Waals surface area contributed by atoms with E-state index in [4.69, 9.17) is 9.47 Å². The van der Waals surface area contributed by atoms with Gasteiger partial charge in [0.25, 0.3) is 5.91 Å². The van der Waals surface area contributed by atoms with Crippen molar-refractivity contribution < 1.29 is 23.9 Å². The number of hydrogen-bond acceptors (Lipinski definition) is 7. The van der Waals surface area contributed by atoms with Gasteiger partial charge in [0.1, 0.15) is 10.8 Å². The van der Waals surface area contributed by atoms with Gasteiger partial charge in [-0.3, -0.25) is 10.1 Å². The molecule has 3 amide bonds. The van der Waals surface area contributed by atoms with E-state index in [1.54, 1.807) is 24.6 Å². The number of carbonyl (C=O) groups excluding carboxylic acids is 3. The summed E-state index contributed by atoms with van der Waals surface area (Å²) in [5.74, 6) is -0.725. The minimum absolute atomic E-state index is 0.0632. The van der Waals surface area contributed by atoms with Crippen LogP contribution in [0, 0.1) is 0 Å². The summed E-state index contributed by atoms with van der Waals surface area (Å²) < 4.78 is 10.0. The molecule has 0 aliphatic carbocycles. The van der Waals surface area contributed by atoms with Gasteiger partial charge in [0.15, 0.2) is 12.3 Å². The third-order valence-corrected chi connectivity index (χ3v) is 4.52. The number of hydrogen-bond donors (Lipinski definition) is 2. The molecule has 0 radical (unpaired) electrons. The minimum Gasteiger partial charge on any atom is -0.497 e. The first-order valence-corrected chi connectivity index (χ1v) is 9.18. The van der Waals surface area contributed by atoms with Crippen LogP contribution in [0.15, 0.2) is 29.6 Å². The normalized spacial score (nSPS) is 11.4. The third kappa shape index (κ3) is 6.07. The zero-order valence-electron chi connectivity index (χ0n) is 15.3. The number of methoxy groups -OCH3 is 1. The number of nitrogens with zero attached hydrogens (tertiary/aromatic N) is 1. The zero-order valence-corrected chi connectivity index (χ0v) is 16.1. The van der Waals surface area contributed by atoms with E-state index in [2.05, 4.69) is 15.6 Å². The highest BCUT2D eigenvalue weighted by Crippen LogP contribution is 2.25. The number of benzene rings is 1. The number of thiazole rings is 1. The smallest absolute Gasteiger partial charge is 0.358 e. The van der Waals surface area contributed by atoms with Crippen LogP contribution < -0.4 is 15.4 Å². The van der Waals surface area contributed by atoms with E-state index in [1.165, 1.54) is 11.3 Å². The Labute approximate surface area is 160 Å². The molecule has 0 spiro atoms. The average molecular weight is 391 g/mol. The van der Waals surface area contributed by atoms with Crippen molar-refractivity contribution in [1.82, 2.24) is 15.6 Å². The molecule has 1 aromatic heterocycles. The van der Waals surface area contributed by atoms with Crippen molar-refractivity contribution in [2.45, 2.75) is 26.3 Å². The van der Waals surface area contributed by atoms with Crippen molar-refractivity contribution in [2.75, 3.05) is 13.7 Å². The summed E-state index contributed by atoms with van der Waals surface area (Å²) in [5, 5.41) is 6.87. The molecule has 0 aliphatic rings. The first kappa shape index (κ1) is 20.4. The van der Waals surface area contributed by atoms with Gasteiger partial charge in [0, 0.05) is 17.0 Å². The van der Waals surface area contributed by atoms with Crippen LogP contribution in [0.5, 0.6) is 5.75 Å². The van der Waals surface area contributed by atoms with Gasteiger partial charge >= 0.3 is 12.0 Å². The van der Waals surface area contributed by atoms with Crippen molar-refractivity contribution in [3.8, 4) is 16.3 Å². The molecule has 0 saturated carbocycles. The first-order valence-electron chi connectivity index (χ1n) is 8.30. The summed E-state index contributed by atoms with van der Waals surface area (Å²) in [4.78, 5) is 39.5. The summed E-state index contributed by atoms with van der Waals surface area (Å²) in [7, 11) is 1.58. The van der Waals surface area contributed by atoms with Crippen LogP contribution in [0.1, 0.15) is 30.8 Å². The molecule has 2 aromatic rings. The van der Waals surface area contributed by atoms with Crippen LogP contribution in [0.2, 0.25) is 0 Å². The summed E-state index contributed by atoms with van der Waals surface area (Å²) in [5.41, 5.74) is 0.932. The highest BCUT2D eigenvalue weighted by Gasteiger charge is 2.16. The Morgan fingerprint density at radius 3 is 2.56 bits per heavy atom. The van der Waals surface area contributed by atoms with Crippen LogP contribution in [-0.2, 0) is 9.53 Å². The summed E-state index contributed by atoms with van der Waals surface area (Å²) in [6.07, 6.45) is 0.733. The van der Waals surface area contributed by atoms with Crippen LogP contribution in [0.4, 0.5) is 4.79 Å². The number of urea groups is 1. The Bertz CT molecular complexity index is 804. The Morgan fingerprint density at radius 2 is 1.93 bits per heavy atom. The average Bonchev–Trinajstić information content (AvgIpc) is 3.16. The molecule has 27 heavy (non-hydrogen) atoms. The van der Waals surface area contributed by atoms with E-state index in [1.807, 2.05) is 26.0 Å². The third-order valence-electron chi connectivity index (χ3n) is 3.63. The van der Waals surface area contributed by atoms with Gasteiger partial charge < -0.3 is 14.8 Å². The lowest BCUT2D eigenvalue weighted by molar-refractivity contribution is -0.123. The lowest BCUT2D eigenvalue weighted by Gasteiger charge is -2.11. The molecule has 1 atom stereocenters. The molecule has 0 unspecified atom stereocenters. The number of esters is 1. The molecule has 0 bridgehead atoms. The Kier molecular flexibility index (Phi) is 7.30. The fourth-order valence-electron chi connectivity index (χ4n) is 1.96. The molecule has 8 nitrogen and oxygen atoms in total. The molecule has 2 rings (SSSR count). The minimum atomic E-state index is -0.733. The lowest BCUT2D eigenvalue weighted by atomic mass is 10.2.